The number of aliphatic imine (C=N–C) groups is 1. The maximum atomic E-state index is 8.55. The van der Waals surface area contributed by atoms with E-state index in [1.54, 1.807) is 0 Å². The lowest BCUT2D eigenvalue weighted by molar-refractivity contribution is 0.231. The fourth-order valence-electron chi connectivity index (χ4n) is 1.21. The van der Waals surface area contributed by atoms with Gasteiger partial charge in [-0.25, -0.2) is 0 Å². The van der Waals surface area contributed by atoms with Crippen LogP contribution in [0.1, 0.15) is 32.6 Å². The molecule has 58 valence electrons. The van der Waals surface area contributed by atoms with Gasteiger partial charge in [-0.3, -0.25) is 15.7 Å². The first-order valence-electron chi connectivity index (χ1n) is 3.79. The van der Waals surface area contributed by atoms with E-state index in [1.807, 2.05) is 0 Å². The fourth-order valence-corrected chi connectivity index (χ4v) is 1.21. The van der Waals surface area contributed by atoms with Gasteiger partial charge in [-0.2, -0.15) is 0 Å². The Morgan fingerprint density at radius 2 is 2.40 bits per heavy atom. The van der Waals surface area contributed by atoms with Gasteiger partial charge in [0.15, 0.2) is 0 Å². The van der Waals surface area contributed by atoms with Crippen molar-refractivity contribution >= 4 is 5.84 Å². The number of nitrogens with zero attached hydrogens (tertiary/aromatic N) is 1. The maximum Gasteiger partial charge on any atom is 0.120 e. The van der Waals surface area contributed by atoms with E-state index in [4.69, 9.17) is 5.21 Å². The van der Waals surface area contributed by atoms with Crippen LogP contribution in [0, 0.1) is 0 Å². The van der Waals surface area contributed by atoms with Crippen LogP contribution in [0.2, 0.25) is 0 Å². The zero-order chi connectivity index (χ0) is 7.40. The van der Waals surface area contributed by atoms with Crippen LogP contribution in [0.4, 0.5) is 0 Å². The summed E-state index contributed by atoms with van der Waals surface area (Å²) in [5.74, 6) is 0.741. The molecule has 0 aromatic rings. The molecule has 0 bridgehead atoms. The van der Waals surface area contributed by atoms with Crippen molar-refractivity contribution in [3.63, 3.8) is 0 Å². The minimum atomic E-state index is 0.372. The predicted molar refractivity (Wildman–Crippen MR) is 40.3 cm³/mol. The molecule has 1 unspecified atom stereocenters. The summed E-state index contributed by atoms with van der Waals surface area (Å²) in [6, 6.07) is 0.372. The van der Waals surface area contributed by atoms with Crippen LogP contribution in [-0.2, 0) is 0 Å². The molecule has 0 spiro atoms. The van der Waals surface area contributed by atoms with Gasteiger partial charge < -0.3 is 0 Å². The molecule has 0 aromatic heterocycles. The van der Waals surface area contributed by atoms with Crippen molar-refractivity contribution in [1.29, 1.82) is 0 Å². The quantitative estimate of drug-likeness (QED) is 0.501. The zero-order valence-electron chi connectivity index (χ0n) is 6.30. The highest BCUT2D eigenvalue weighted by Gasteiger charge is 2.07. The molecule has 2 N–H and O–H groups in total. The summed E-state index contributed by atoms with van der Waals surface area (Å²) in [6.45, 7) is 2.07. The molecule has 10 heavy (non-hydrogen) atoms. The lowest BCUT2D eigenvalue weighted by Gasteiger charge is -2.02. The Kier molecular flexibility index (Phi) is 2.68. The first kappa shape index (κ1) is 7.54. The average molecular weight is 142 g/mol. The van der Waals surface area contributed by atoms with Gasteiger partial charge >= 0.3 is 0 Å². The summed E-state index contributed by atoms with van der Waals surface area (Å²) in [5.41, 5.74) is 2.12. The van der Waals surface area contributed by atoms with E-state index in [2.05, 4.69) is 17.4 Å². The van der Waals surface area contributed by atoms with Crippen LogP contribution in [-0.4, -0.2) is 17.1 Å². The van der Waals surface area contributed by atoms with Crippen molar-refractivity contribution < 1.29 is 5.21 Å². The second kappa shape index (κ2) is 3.56. The molecule has 3 heteroatoms. The molecule has 1 aliphatic rings. The zero-order valence-corrected chi connectivity index (χ0v) is 6.30. The molecule has 1 atom stereocenters. The highest BCUT2D eigenvalue weighted by molar-refractivity contribution is 5.81. The lowest BCUT2D eigenvalue weighted by atomic mass is 10.1. The van der Waals surface area contributed by atoms with Crippen molar-refractivity contribution in [2.45, 2.75) is 38.6 Å². The second-order valence-electron chi connectivity index (χ2n) is 2.78. The van der Waals surface area contributed by atoms with Crippen LogP contribution in [0.15, 0.2) is 4.99 Å². The summed E-state index contributed by atoms with van der Waals surface area (Å²) < 4.78 is 0. The molecule has 0 saturated carbocycles. The van der Waals surface area contributed by atoms with Crippen molar-refractivity contribution in [3.8, 4) is 0 Å². The Bertz CT molecular complexity index is 134. The SMILES string of the molecule is CC1CCCCC(NO)=N1. The Hall–Kier alpha value is -0.570. The Morgan fingerprint density at radius 1 is 1.60 bits per heavy atom. The van der Waals surface area contributed by atoms with E-state index in [0.29, 0.717) is 6.04 Å². The van der Waals surface area contributed by atoms with E-state index in [-0.39, 0.29) is 0 Å². The van der Waals surface area contributed by atoms with Gasteiger partial charge in [-0.15, -0.1) is 0 Å². The number of rotatable bonds is 0. The molecular formula is C7H14N2O. The molecule has 1 heterocycles. The van der Waals surface area contributed by atoms with Crippen molar-refractivity contribution in [2.75, 3.05) is 0 Å². The number of hydrogen-bond donors (Lipinski definition) is 2. The Morgan fingerprint density at radius 3 is 3.10 bits per heavy atom. The monoisotopic (exact) mass is 142 g/mol. The number of hydrogen-bond acceptors (Lipinski definition) is 3. The van der Waals surface area contributed by atoms with Crippen molar-refractivity contribution in [1.82, 2.24) is 5.48 Å². The molecule has 3 nitrogen and oxygen atoms in total. The van der Waals surface area contributed by atoms with E-state index < -0.39 is 0 Å². The molecule has 1 aliphatic heterocycles. The summed E-state index contributed by atoms with van der Waals surface area (Å²) in [6.07, 6.45) is 4.39. The number of nitrogens with one attached hydrogen (secondary N) is 1. The van der Waals surface area contributed by atoms with Crippen LogP contribution in [0.3, 0.4) is 0 Å². The Labute approximate surface area is 61.1 Å². The van der Waals surface area contributed by atoms with Crippen molar-refractivity contribution in [3.05, 3.63) is 0 Å². The lowest BCUT2D eigenvalue weighted by Crippen LogP contribution is -2.19. The first-order valence-corrected chi connectivity index (χ1v) is 3.79. The third kappa shape index (κ3) is 1.99. The standard InChI is InChI=1S/C7H14N2O/c1-6-4-2-3-5-7(8-6)9-10/h6,10H,2-5H2,1H3,(H,8,9). The van der Waals surface area contributed by atoms with Gasteiger partial charge in [-0.05, 0) is 19.8 Å². The minimum Gasteiger partial charge on any atom is -0.290 e. The molecule has 0 amide bonds. The van der Waals surface area contributed by atoms with Gasteiger partial charge in [-0.1, -0.05) is 6.42 Å². The van der Waals surface area contributed by atoms with Crippen LogP contribution < -0.4 is 5.48 Å². The number of amidine groups is 1. The summed E-state index contributed by atoms with van der Waals surface area (Å²) in [4.78, 5) is 4.25. The Balaban J connectivity index is 2.50. The van der Waals surface area contributed by atoms with E-state index >= 15 is 0 Å². The second-order valence-corrected chi connectivity index (χ2v) is 2.78. The molecule has 0 fully saturated rings. The predicted octanol–water partition coefficient (Wildman–Crippen LogP) is 1.33. The van der Waals surface area contributed by atoms with Gasteiger partial charge in [0.2, 0.25) is 0 Å². The van der Waals surface area contributed by atoms with Gasteiger partial charge in [0.25, 0.3) is 0 Å². The van der Waals surface area contributed by atoms with E-state index in [0.717, 1.165) is 25.1 Å². The molecule has 0 radical (unpaired) electrons. The minimum absolute atomic E-state index is 0.372. The largest absolute Gasteiger partial charge is 0.290 e. The third-order valence-electron chi connectivity index (χ3n) is 1.79. The molecule has 0 aromatic carbocycles. The van der Waals surface area contributed by atoms with Gasteiger partial charge in [0.05, 0.1) is 0 Å². The average Bonchev–Trinajstić information content (AvgIpc) is 2.13. The number of hydroxylamine groups is 1. The topological polar surface area (TPSA) is 44.6 Å². The van der Waals surface area contributed by atoms with Crippen LogP contribution in [0.25, 0.3) is 0 Å². The summed E-state index contributed by atoms with van der Waals surface area (Å²) in [7, 11) is 0. The highest BCUT2D eigenvalue weighted by atomic mass is 16.5. The molecular weight excluding hydrogens is 128 g/mol. The maximum absolute atomic E-state index is 8.55. The fraction of sp³-hybridized carbons (Fsp3) is 0.857. The molecule has 0 aliphatic carbocycles. The molecule has 1 rings (SSSR count). The van der Waals surface area contributed by atoms with Crippen LogP contribution in [0.5, 0.6) is 0 Å². The highest BCUT2D eigenvalue weighted by Crippen LogP contribution is 2.11. The normalized spacial score (nSPS) is 27.0. The van der Waals surface area contributed by atoms with Gasteiger partial charge in [0.1, 0.15) is 5.84 Å². The third-order valence-corrected chi connectivity index (χ3v) is 1.79. The smallest absolute Gasteiger partial charge is 0.120 e. The van der Waals surface area contributed by atoms with E-state index in [1.165, 1.54) is 6.42 Å². The van der Waals surface area contributed by atoms with Crippen LogP contribution >= 0.6 is 0 Å². The van der Waals surface area contributed by atoms with Gasteiger partial charge in [0, 0.05) is 12.5 Å². The first-order chi connectivity index (χ1) is 4.83. The summed E-state index contributed by atoms with van der Waals surface area (Å²) in [5, 5.41) is 8.55. The van der Waals surface area contributed by atoms with Crippen molar-refractivity contribution in [2.24, 2.45) is 4.99 Å². The van der Waals surface area contributed by atoms with E-state index in [9.17, 15) is 0 Å². The molecule has 0 saturated heterocycles. The summed E-state index contributed by atoms with van der Waals surface area (Å²) >= 11 is 0.